The Balaban J connectivity index is 1.74. The van der Waals surface area contributed by atoms with Crippen LogP contribution in [-0.4, -0.2) is 19.6 Å². The van der Waals surface area contributed by atoms with Crippen molar-refractivity contribution in [3.63, 3.8) is 0 Å². The highest BCUT2D eigenvalue weighted by molar-refractivity contribution is 14.1. The van der Waals surface area contributed by atoms with Crippen molar-refractivity contribution in [3.05, 3.63) is 52.1 Å². The summed E-state index contributed by atoms with van der Waals surface area (Å²) in [5, 5.41) is 2.83. The summed E-state index contributed by atoms with van der Waals surface area (Å²) in [7, 11) is 1.62. The van der Waals surface area contributed by atoms with Crippen LogP contribution in [0.2, 0.25) is 0 Å². The monoisotopic (exact) mass is 397 g/mol. The van der Waals surface area contributed by atoms with Crippen LogP contribution in [0.15, 0.2) is 48.5 Å². The summed E-state index contributed by atoms with van der Waals surface area (Å²) in [6.07, 6.45) is 0.304. The van der Waals surface area contributed by atoms with Crippen LogP contribution in [0.5, 0.6) is 11.5 Å². The van der Waals surface area contributed by atoms with Gasteiger partial charge in [0.2, 0.25) is 5.91 Å². The number of ether oxygens (including phenoxy) is 2. The first kappa shape index (κ1) is 15.6. The van der Waals surface area contributed by atoms with Crippen molar-refractivity contribution in [2.45, 2.75) is 6.42 Å². The van der Waals surface area contributed by atoms with Crippen molar-refractivity contribution >= 4 is 34.2 Å². The number of anilines is 1. The van der Waals surface area contributed by atoms with Gasteiger partial charge in [-0.2, -0.15) is 0 Å². The maximum atomic E-state index is 11.8. The Morgan fingerprint density at radius 2 is 1.67 bits per heavy atom. The summed E-state index contributed by atoms with van der Waals surface area (Å²) in [6.45, 7) is 0.336. The molecule has 0 spiro atoms. The first-order chi connectivity index (χ1) is 10.2. The molecule has 0 aliphatic carbocycles. The van der Waals surface area contributed by atoms with E-state index in [4.69, 9.17) is 9.47 Å². The van der Waals surface area contributed by atoms with E-state index in [0.29, 0.717) is 13.0 Å². The third kappa shape index (κ3) is 5.26. The first-order valence-corrected chi connectivity index (χ1v) is 7.57. The Hall–Kier alpha value is -1.76. The predicted molar refractivity (Wildman–Crippen MR) is 90.9 cm³/mol. The number of halogens is 1. The normalized spacial score (nSPS) is 10.0. The van der Waals surface area contributed by atoms with Crippen LogP contribution in [0.1, 0.15) is 6.42 Å². The standard InChI is InChI=1S/C16H16INO3/c1-20-14-6-8-15(9-7-14)21-11-10-16(19)18-13-4-2-12(17)3-5-13/h2-9H,10-11H2,1H3,(H,18,19). The molecule has 0 saturated carbocycles. The van der Waals surface area contributed by atoms with Crippen LogP contribution in [0.25, 0.3) is 0 Å². The fourth-order valence-corrected chi connectivity index (χ4v) is 2.05. The second-order valence-electron chi connectivity index (χ2n) is 4.33. The molecule has 0 aromatic heterocycles. The predicted octanol–water partition coefficient (Wildman–Crippen LogP) is 3.71. The molecule has 1 amide bonds. The molecule has 21 heavy (non-hydrogen) atoms. The zero-order chi connectivity index (χ0) is 15.1. The third-order valence-electron chi connectivity index (χ3n) is 2.79. The van der Waals surface area contributed by atoms with Crippen LogP contribution in [0.3, 0.4) is 0 Å². The highest BCUT2D eigenvalue weighted by atomic mass is 127. The van der Waals surface area contributed by atoms with E-state index in [0.717, 1.165) is 20.8 Å². The topological polar surface area (TPSA) is 47.6 Å². The number of amides is 1. The van der Waals surface area contributed by atoms with Crippen LogP contribution in [-0.2, 0) is 4.79 Å². The lowest BCUT2D eigenvalue weighted by atomic mass is 10.3. The molecule has 4 nitrogen and oxygen atoms in total. The summed E-state index contributed by atoms with van der Waals surface area (Å²) in [5.41, 5.74) is 0.796. The van der Waals surface area contributed by atoms with Crippen molar-refractivity contribution in [1.82, 2.24) is 0 Å². The van der Waals surface area contributed by atoms with Gasteiger partial charge in [-0.25, -0.2) is 0 Å². The molecule has 0 radical (unpaired) electrons. The van der Waals surface area contributed by atoms with Crippen LogP contribution >= 0.6 is 22.6 Å². The Kier molecular flexibility index (Phi) is 5.86. The molecule has 2 aromatic carbocycles. The Morgan fingerprint density at radius 1 is 1.05 bits per heavy atom. The van der Waals surface area contributed by atoms with E-state index in [1.807, 2.05) is 48.5 Å². The van der Waals surface area contributed by atoms with Crippen molar-refractivity contribution in [2.75, 3.05) is 19.0 Å². The summed E-state index contributed by atoms with van der Waals surface area (Å²) in [6, 6.07) is 14.9. The molecule has 1 N–H and O–H groups in total. The molecule has 0 heterocycles. The molecule has 110 valence electrons. The maximum absolute atomic E-state index is 11.8. The fraction of sp³-hybridized carbons (Fsp3) is 0.188. The minimum atomic E-state index is -0.0651. The number of hydrogen-bond acceptors (Lipinski definition) is 3. The van der Waals surface area contributed by atoms with Gasteiger partial charge in [-0.05, 0) is 71.1 Å². The SMILES string of the molecule is COc1ccc(OCCC(=O)Nc2ccc(I)cc2)cc1. The quantitative estimate of drug-likeness (QED) is 0.757. The zero-order valence-corrected chi connectivity index (χ0v) is 13.8. The molecule has 0 aliphatic rings. The number of methoxy groups -OCH3 is 1. The Labute approximate surface area is 137 Å². The minimum absolute atomic E-state index is 0.0651. The van der Waals surface area contributed by atoms with E-state index >= 15 is 0 Å². The number of benzene rings is 2. The average molecular weight is 397 g/mol. The summed E-state index contributed by atoms with van der Waals surface area (Å²) < 4.78 is 11.7. The van der Waals surface area contributed by atoms with Gasteiger partial charge >= 0.3 is 0 Å². The van der Waals surface area contributed by atoms with Crippen molar-refractivity contribution in [1.29, 1.82) is 0 Å². The van der Waals surface area contributed by atoms with E-state index in [9.17, 15) is 4.79 Å². The van der Waals surface area contributed by atoms with Crippen LogP contribution in [0, 0.1) is 3.57 Å². The van der Waals surface area contributed by atoms with E-state index in [1.165, 1.54) is 0 Å². The summed E-state index contributed by atoms with van der Waals surface area (Å²) in [4.78, 5) is 11.8. The van der Waals surface area contributed by atoms with Gasteiger partial charge in [0.1, 0.15) is 11.5 Å². The van der Waals surface area contributed by atoms with Gasteiger partial charge in [0.25, 0.3) is 0 Å². The van der Waals surface area contributed by atoms with Crippen LogP contribution < -0.4 is 14.8 Å². The third-order valence-corrected chi connectivity index (χ3v) is 3.50. The lowest BCUT2D eigenvalue weighted by Gasteiger charge is -2.08. The molecule has 0 aliphatic heterocycles. The molecular formula is C16H16INO3. The lowest BCUT2D eigenvalue weighted by Crippen LogP contribution is -2.15. The molecule has 2 rings (SSSR count). The number of carbonyl (C=O) groups is 1. The molecule has 0 bridgehead atoms. The Bertz CT molecular complexity index is 581. The minimum Gasteiger partial charge on any atom is -0.497 e. The van der Waals surface area contributed by atoms with E-state index in [-0.39, 0.29) is 5.91 Å². The van der Waals surface area contributed by atoms with Crippen LogP contribution in [0.4, 0.5) is 5.69 Å². The zero-order valence-electron chi connectivity index (χ0n) is 11.6. The smallest absolute Gasteiger partial charge is 0.227 e. The van der Waals surface area contributed by atoms with Gasteiger partial charge in [0.15, 0.2) is 0 Å². The fourth-order valence-electron chi connectivity index (χ4n) is 1.69. The van der Waals surface area contributed by atoms with E-state index in [2.05, 4.69) is 27.9 Å². The average Bonchev–Trinajstić information content (AvgIpc) is 2.50. The molecule has 0 saturated heterocycles. The van der Waals surface area contributed by atoms with Gasteiger partial charge in [-0.3, -0.25) is 4.79 Å². The van der Waals surface area contributed by atoms with Gasteiger partial charge in [0, 0.05) is 9.26 Å². The molecule has 0 atom stereocenters. The highest BCUT2D eigenvalue weighted by Gasteiger charge is 2.03. The molecular weight excluding hydrogens is 381 g/mol. The summed E-state index contributed by atoms with van der Waals surface area (Å²) >= 11 is 2.22. The van der Waals surface area contributed by atoms with Crippen molar-refractivity contribution < 1.29 is 14.3 Å². The van der Waals surface area contributed by atoms with E-state index < -0.39 is 0 Å². The number of carbonyl (C=O) groups excluding carboxylic acids is 1. The van der Waals surface area contributed by atoms with Crippen molar-refractivity contribution in [2.24, 2.45) is 0 Å². The molecule has 5 heteroatoms. The van der Waals surface area contributed by atoms with E-state index in [1.54, 1.807) is 7.11 Å². The molecule has 0 fully saturated rings. The highest BCUT2D eigenvalue weighted by Crippen LogP contribution is 2.17. The summed E-state index contributed by atoms with van der Waals surface area (Å²) in [5.74, 6) is 1.43. The lowest BCUT2D eigenvalue weighted by molar-refractivity contribution is -0.116. The number of rotatable bonds is 6. The van der Waals surface area contributed by atoms with Gasteiger partial charge in [-0.15, -0.1) is 0 Å². The first-order valence-electron chi connectivity index (χ1n) is 6.49. The largest absolute Gasteiger partial charge is 0.497 e. The molecule has 2 aromatic rings. The Morgan fingerprint density at radius 3 is 2.29 bits per heavy atom. The number of hydrogen-bond donors (Lipinski definition) is 1. The van der Waals surface area contributed by atoms with Gasteiger partial charge in [0.05, 0.1) is 20.1 Å². The van der Waals surface area contributed by atoms with Crippen molar-refractivity contribution in [3.8, 4) is 11.5 Å². The van der Waals surface area contributed by atoms with Gasteiger partial charge in [-0.1, -0.05) is 0 Å². The second kappa shape index (κ2) is 7.87. The van der Waals surface area contributed by atoms with Gasteiger partial charge < -0.3 is 14.8 Å². The number of nitrogens with one attached hydrogen (secondary N) is 1. The second-order valence-corrected chi connectivity index (χ2v) is 5.57. The maximum Gasteiger partial charge on any atom is 0.227 e. The molecule has 0 unspecified atom stereocenters.